The summed E-state index contributed by atoms with van der Waals surface area (Å²) in [7, 11) is -4.06. The van der Waals surface area contributed by atoms with Crippen molar-refractivity contribution >= 4 is 27.3 Å². The van der Waals surface area contributed by atoms with E-state index in [1.807, 2.05) is 97.9 Å². The lowest BCUT2D eigenvalue weighted by molar-refractivity contribution is -0.223. The van der Waals surface area contributed by atoms with Gasteiger partial charge in [0.15, 0.2) is 0 Å². The van der Waals surface area contributed by atoms with E-state index in [2.05, 4.69) is 16.5 Å². The molecule has 4 aromatic carbocycles. The predicted molar refractivity (Wildman–Crippen MR) is 184 cm³/mol. The van der Waals surface area contributed by atoms with Gasteiger partial charge in [0.1, 0.15) is 15.7 Å². The van der Waals surface area contributed by atoms with Crippen LogP contribution in [0.4, 0.5) is 0 Å². The molecule has 0 radical (unpaired) electrons. The van der Waals surface area contributed by atoms with Crippen LogP contribution in [-0.2, 0) is 22.9 Å². The molecular weight excluding hydrogens is 615 g/mol. The van der Waals surface area contributed by atoms with Gasteiger partial charge in [-0.2, -0.15) is 12.8 Å². The van der Waals surface area contributed by atoms with Crippen LogP contribution in [0.25, 0.3) is 11.1 Å². The second-order valence-corrected chi connectivity index (χ2v) is 13.9. The topological polar surface area (TPSA) is 88.0 Å². The van der Waals surface area contributed by atoms with E-state index in [0.29, 0.717) is 26.1 Å². The molecule has 0 spiro atoms. The van der Waals surface area contributed by atoms with E-state index in [1.54, 1.807) is 11.4 Å². The Morgan fingerprint density at radius 1 is 0.804 bits per heavy atom. The lowest BCUT2D eigenvalue weighted by atomic mass is 9.89. The number of aryl methyl sites for hydroxylation is 2. The van der Waals surface area contributed by atoms with Crippen LogP contribution < -0.4 is 14.6 Å². The first-order chi connectivity index (χ1) is 22.4. The monoisotopic (exact) mass is 652 g/mol. The summed E-state index contributed by atoms with van der Waals surface area (Å²) >= 11 is 1.06. The lowest BCUT2D eigenvalue weighted by Gasteiger charge is -2.24. The molecule has 0 bridgehead atoms. The van der Waals surface area contributed by atoms with Crippen molar-refractivity contribution < 1.29 is 23.0 Å². The minimum atomic E-state index is -4.06. The highest BCUT2D eigenvalue weighted by atomic mass is 32.2. The van der Waals surface area contributed by atoms with Gasteiger partial charge in [-0.05, 0) is 108 Å². The van der Waals surface area contributed by atoms with E-state index in [1.165, 1.54) is 11.6 Å². The van der Waals surface area contributed by atoms with Crippen molar-refractivity contribution in [2.45, 2.75) is 43.2 Å². The molecule has 0 amide bonds. The number of rotatable bonds is 16. The van der Waals surface area contributed by atoms with Crippen LogP contribution in [0.2, 0.25) is 0 Å². The number of hydrogen-bond acceptors (Lipinski definition) is 6. The fourth-order valence-electron chi connectivity index (χ4n) is 5.30. The average Bonchev–Trinajstić information content (AvgIpc) is 3.62. The Labute approximate surface area is 276 Å². The van der Waals surface area contributed by atoms with Gasteiger partial charge in [-0.3, -0.25) is 0 Å². The van der Waals surface area contributed by atoms with Gasteiger partial charge in [0.25, 0.3) is 10.0 Å². The number of thiophene rings is 1. The first kappa shape index (κ1) is 33.0. The van der Waals surface area contributed by atoms with E-state index in [0.717, 1.165) is 64.4 Å². The molecule has 0 aliphatic carbocycles. The van der Waals surface area contributed by atoms with Gasteiger partial charge >= 0.3 is 0 Å². The molecule has 5 rings (SSSR count). The van der Waals surface area contributed by atoms with Crippen LogP contribution in [0, 0.1) is 12.8 Å². The largest absolute Gasteiger partial charge is 0.861 e. The van der Waals surface area contributed by atoms with Gasteiger partial charge in [0.05, 0.1) is 13.2 Å². The smallest absolute Gasteiger partial charge is 0.290 e. The molecule has 1 unspecified atom stereocenters. The Bertz CT molecular complexity index is 1820. The summed E-state index contributed by atoms with van der Waals surface area (Å²) < 4.78 is 41.5. The van der Waals surface area contributed by atoms with Gasteiger partial charge < -0.3 is 14.6 Å². The van der Waals surface area contributed by atoms with E-state index in [4.69, 9.17) is 9.47 Å². The van der Waals surface area contributed by atoms with Crippen LogP contribution in [0.5, 0.6) is 11.5 Å². The Balaban J connectivity index is 1.29. The molecule has 0 aliphatic rings. The molecule has 0 fully saturated rings. The second kappa shape index (κ2) is 16.2. The number of sulfonamides is 1. The molecular formula is C38H38NO5S2-. The van der Waals surface area contributed by atoms with Gasteiger partial charge in [-0.25, -0.2) is 0 Å². The van der Waals surface area contributed by atoms with E-state index in [-0.39, 0.29) is 4.21 Å². The molecule has 0 N–H and O–H groups in total. The minimum Gasteiger partial charge on any atom is -0.861 e. The summed E-state index contributed by atoms with van der Waals surface area (Å²) in [5.41, 5.74) is 5.22. The summed E-state index contributed by atoms with van der Waals surface area (Å²) in [6, 6.07) is 37.0. The lowest BCUT2D eigenvalue weighted by Crippen LogP contribution is -2.31. The zero-order valence-electron chi connectivity index (χ0n) is 25.9. The van der Waals surface area contributed by atoms with Gasteiger partial charge in [0, 0.05) is 6.42 Å². The van der Waals surface area contributed by atoms with E-state index < -0.39 is 21.8 Å². The maximum absolute atomic E-state index is 13.5. The van der Waals surface area contributed by atoms with Gasteiger partial charge in [-0.1, -0.05) is 84.9 Å². The van der Waals surface area contributed by atoms with Crippen LogP contribution in [-0.4, -0.2) is 27.5 Å². The maximum Gasteiger partial charge on any atom is 0.290 e. The molecule has 238 valence electrons. The quantitative estimate of drug-likeness (QED) is 0.0614. The summed E-state index contributed by atoms with van der Waals surface area (Å²) in [6.45, 7) is 3.10. The Hall–Kier alpha value is -4.40. The highest BCUT2D eigenvalue weighted by Gasteiger charge is 2.19. The average molecular weight is 653 g/mol. The normalized spacial score (nSPS) is 12.5. The molecule has 46 heavy (non-hydrogen) atoms. The first-order valence-corrected chi connectivity index (χ1v) is 17.8. The molecule has 1 atom stereocenters. The minimum absolute atomic E-state index is 0.0721. The number of hydrogen-bond donors (Lipinski definition) is 0. The molecule has 8 heteroatoms. The van der Waals surface area contributed by atoms with Crippen molar-refractivity contribution in [2.75, 3.05) is 13.2 Å². The Kier molecular flexibility index (Phi) is 11.6. The molecule has 1 aromatic heterocycles. The summed E-state index contributed by atoms with van der Waals surface area (Å²) in [5.74, 6) is 0.399. The third kappa shape index (κ3) is 9.55. The molecule has 0 saturated carbocycles. The molecule has 5 aromatic rings. The van der Waals surface area contributed by atoms with Gasteiger partial charge in [0.2, 0.25) is 0 Å². The Morgan fingerprint density at radius 3 is 2.26 bits per heavy atom. The van der Waals surface area contributed by atoms with Crippen molar-refractivity contribution in [3.05, 3.63) is 137 Å². The number of benzene rings is 4. The van der Waals surface area contributed by atoms with Crippen LogP contribution in [0.3, 0.4) is 0 Å². The van der Waals surface area contributed by atoms with E-state index >= 15 is 0 Å². The van der Waals surface area contributed by atoms with Gasteiger partial charge in [-0.15, -0.1) is 11.3 Å². The number of ether oxygens (including phenoxy) is 2. The van der Waals surface area contributed by atoms with Crippen molar-refractivity contribution in [1.29, 1.82) is 0 Å². The Morgan fingerprint density at radius 2 is 1.52 bits per heavy atom. The number of nitrogens with zero attached hydrogens (tertiary/aromatic N) is 1. The van der Waals surface area contributed by atoms with Crippen molar-refractivity contribution in [1.82, 2.24) is 0 Å². The van der Waals surface area contributed by atoms with Crippen molar-refractivity contribution in [2.24, 2.45) is 10.3 Å². The fraction of sp³-hybridized carbons (Fsp3) is 0.237. The fourth-order valence-corrected chi connectivity index (χ4v) is 7.24. The molecule has 0 saturated heterocycles. The zero-order valence-corrected chi connectivity index (χ0v) is 27.5. The summed E-state index contributed by atoms with van der Waals surface area (Å²) in [5, 5.41) is 15.2. The second-order valence-electron chi connectivity index (χ2n) is 11.2. The third-order valence-corrected chi connectivity index (χ3v) is 10.3. The van der Waals surface area contributed by atoms with Crippen LogP contribution in [0.15, 0.2) is 129 Å². The predicted octanol–water partition coefficient (Wildman–Crippen LogP) is 7.90. The van der Waals surface area contributed by atoms with Crippen LogP contribution in [0.1, 0.15) is 36.0 Å². The highest BCUT2D eigenvalue weighted by molar-refractivity contribution is 7.92. The summed E-state index contributed by atoms with van der Waals surface area (Å²) in [6.07, 6.45) is 3.14. The standard InChI is InChI=1S/C38H39NO5S2/c1-29-12-7-19-34(26-29)43-23-11-24-44-35-20-9-17-32(28-35)36-21-6-5-16-31(36)27-33(18-8-15-30-13-3-2-4-14-30)38(40)39-46(41,42)37-22-10-25-45-37/h2-7,9-10,12-14,16-17,19-22,25-26,28,33H,8,11,15,18,23-24,27H2,1H3,(H,39,40)/p-1. The third-order valence-electron chi connectivity index (χ3n) is 7.61. The van der Waals surface area contributed by atoms with Crippen LogP contribution >= 0.6 is 11.3 Å². The molecule has 0 aliphatic heterocycles. The molecule has 6 nitrogen and oxygen atoms in total. The summed E-state index contributed by atoms with van der Waals surface area (Å²) in [4.78, 5) is 0. The van der Waals surface area contributed by atoms with Crippen molar-refractivity contribution in [3.63, 3.8) is 0 Å². The van der Waals surface area contributed by atoms with E-state index in [9.17, 15) is 13.5 Å². The van der Waals surface area contributed by atoms with Crippen molar-refractivity contribution in [3.8, 4) is 22.6 Å². The SMILES string of the molecule is Cc1cccc(OCCCOc2cccc(-c3ccccc3CC(CCCc3ccccc3)/C([O-])=N/S(=O)(=O)c3cccs3)c2)c1. The zero-order chi connectivity index (χ0) is 32.2. The first-order valence-electron chi connectivity index (χ1n) is 15.5. The molecule has 1 heterocycles. The highest BCUT2D eigenvalue weighted by Crippen LogP contribution is 2.30. The maximum atomic E-state index is 13.5.